The lowest BCUT2D eigenvalue weighted by Crippen LogP contribution is -2.28. The van der Waals surface area contributed by atoms with Crippen LogP contribution in [0.5, 0.6) is 0 Å². The van der Waals surface area contributed by atoms with Crippen molar-refractivity contribution in [3.8, 4) is 0 Å². The first-order chi connectivity index (χ1) is 8.83. The van der Waals surface area contributed by atoms with Crippen molar-refractivity contribution in [2.24, 2.45) is 17.8 Å². The van der Waals surface area contributed by atoms with Gasteiger partial charge in [-0.2, -0.15) is 0 Å². The van der Waals surface area contributed by atoms with E-state index in [0.717, 1.165) is 17.8 Å². The van der Waals surface area contributed by atoms with Crippen LogP contribution in [0.4, 0.5) is 0 Å². The van der Waals surface area contributed by atoms with Gasteiger partial charge >= 0.3 is 0 Å². The summed E-state index contributed by atoms with van der Waals surface area (Å²) in [5, 5.41) is 0. The van der Waals surface area contributed by atoms with Gasteiger partial charge in [0.15, 0.2) is 0 Å². The average molecular weight is 252 g/mol. The lowest BCUT2D eigenvalue weighted by atomic mass is 9.70. The Morgan fingerprint density at radius 1 is 0.833 bits per heavy atom. The lowest BCUT2D eigenvalue weighted by Gasteiger charge is -2.37. The van der Waals surface area contributed by atoms with Crippen molar-refractivity contribution in [2.75, 3.05) is 7.11 Å². The molecule has 0 amide bonds. The highest BCUT2D eigenvalue weighted by atomic mass is 16.5. The molecule has 0 aromatic heterocycles. The van der Waals surface area contributed by atoms with Crippen LogP contribution in [0.1, 0.15) is 77.6 Å². The van der Waals surface area contributed by atoms with Gasteiger partial charge < -0.3 is 4.74 Å². The van der Waals surface area contributed by atoms with E-state index >= 15 is 0 Å². The van der Waals surface area contributed by atoms with E-state index in [0.29, 0.717) is 6.10 Å². The zero-order valence-corrected chi connectivity index (χ0v) is 12.5. The van der Waals surface area contributed by atoms with Gasteiger partial charge in [0, 0.05) is 7.11 Å². The molecule has 1 heteroatoms. The molecule has 106 valence electrons. The van der Waals surface area contributed by atoms with Crippen molar-refractivity contribution in [3.05, 3.63) is 0 Å². The highest BCUT2D eigenvalue weighted by molar-refractivity contribution is 4.82. The molecule has 0 radical (unpaired) electrons. The molecule has 0 spiro atoms. The van der Waals surface area contributed by atoms with Crippen LogP contribution in [0, 0.1) is 17.8 Å². The topological polar surface area (TPSA) is 9.23 Å². The number of methoxy groups -OCH3 is 1. The van der Waals surface area contributed by atoms with Gasteiger partial charge in [0.25, 0.3) is 0 Å². The van der Waals surface area contributed by atoms with E-state index in [9.17, 15) is 0 Å². The maximum atomic E-state index is 5.49. The Hall–Kier alpha value is -0.0400. The van der Waals surface area contributed by atoms with Gasteiger partial charge in [0.2, 0.25) is 0 Å². The van der Waals surface area contributed by atoms with Crippen LogP contribution in [-0.4, -0.2) is 13.2 Å². The van der Waals surface area contributed by atoms with Crippen LogP contribution < -0.4 is 0 Å². The third-order valence-corrected chi connectivity index (χ3v) is 5.58. The zero-order valence-electron chi connectivity index (χ0n) is 12.5. The van der Waals surface area contributed by atoms with Crippen molar-refractivity contribution < 1.29 is 4.74 Å². The summed E-state index contributed by atoms with van der Waals surface area (Å²) in [6.45, 7) is 2.32. The van der Waals surface area contributed by atoms with Crippen LogP contribution in [0.3, 0.4) is 0 Å². The van der Waals surface area contributed by atoms with Gasteiger partial charge in [0.1, 0.15) is 0 Å². The first-order valence-electron chi connectivity index (χ1n) is 8.36. The first-order valence-corrected chi connectivity index (χ1v) is 8.36. The van der Waals surface area contributed by atoms with Crippen LogP contribution in [0.15, 0.2) is 0 Å². The Kier molecular flexibility index (Phi) is 6.01. The predicted octanol–water partition coefficient (Wildman–Crippen LogP) is 5.19. The molecule has 2 aliphatic rings. The van der Waals surface area contributed by atoms with Crippen LogP contribution in [-0.2, 0) is 4.74 Å². The molecule has 0 aromatic rings. The van der Waals surface area contributed by atoms with Crippen molar-refractivity contribution >= 4 is 0 Å². The Morgan fingerprint density at radius 3 is 1.89 bits per heavy atom. The maximum absolute atomic E-state index is 5.49. The summed E-state index contributed by atoms with van der Waals surface area (Å²) in [5.74, 6) is 3.15. The SMILES string of the molecule is CCCC[C@H]1CC[C@H]([C@H]2CC[C@H](OC)CC2)CC1. The largest absolute Gasteiger partial charge is 0.381 e. The number of unbranched alkanes of at least 4 members (excludes halogenated alkanes) is 1. The van der Waals surface area contributed by atoms with Crippen molar-refractivity contribution in [1.29, 1.82) is 0 Å². The molecule has 1 nitrogen and oxygen atoms in total. The number of ether oxygens (including phenoxy) is 1. The summed E-state index contributed by atoms with van der Waals surface area (Å²) < 4.78 is 5.49. The van der Waals surface area contributed by atoms with Gasteiger partial charge in [-0.3, -0.25) is 0 Å². The first kappa shape index (κ1) is 14.4. The third kappa shape index (κ3) is 3.98. The second-order valence-electron chi connectivity index (χ2n) is 6.70. The number of hydrogen-bond acceptors (Lipinski definition) is 1. The minimum Gasteiger partial charge on any atom is -0.381 e. The highest BCUT2D eigenvalue weighted by Crippen LogP contribution is 2.41. The average Bonchev–Trinajstić information content (AvgIpc) is 2.46. The van der Waals surface area contributed by atoms with Gasteiger partial charge in [-0.25, -0.2) is 0 Å². The molecule has 2 aliphatic carbocycles. The second kappa shape index (κ2) is 7.53. The molecule has 0 heterocycles. The summed E-state index contributed by atoms with van der Waals surface area (Å²) in [6.07, 6.45) is 16.5. The molecule has 0 saturated heterocycles. The molecule has 0 N–H and O–H groups in total. The Morgan fingerprint density at radius 2 is 1.39 bits per heavy atom. The van der Waals surface area contributed by atoms with E-state index in [2.05, 4.69) is 6.92 Å². The molecule has 18 heavy (non-hydrogen) atoms. The van der Waals surface area contributed by atoms with E-state index < -0.39 is 0 Å². The monoisotopic (exact) mass is 252 g/mol. The van der Waals surface area contributed by atoms with Crippen LogP contribution in [0.25, 0.3) is 0 Å². The minimum atomic E-state index is 0.571. The summed E-state index contributed by atoms with van der Waals surface area (Å²) in [5.41, 5.74) is 0. The molecule has 2 fully saturated rings. The molecule has 0 aliphatic heterocycles. The molecule has 0 bridgehead atoms. The Balaban J connectivity index is 1.67. The smallest absolute Gasteiger partial charge is 0.0571 e. The number of rotatable bonds is 5. The van der Waals surface area contributed by atoms with Crippen molar-refractivity contribution in [2.45, 2.75) is 83.7 Å². The standard InChI is InChI=1S/C17H32O/c1-3-4-5-14-6-8-15(9-7-14)16-10-12-17(18-2)13-11-16/h14-17H,3-13H2,1-2H3/t14-,15-,16-,17-. The quantitative estimate of drug-likeness (QED) is 0.654. The minimum absolute atomic E-state index is 0.571. The third-order valence-electron chi connectivity index (χ3n) is 5.58. The molecule has 2 saturated carbocycles. The zero-order chi connectivity index (χ0) is 12.8. The maximum Gasteiger partial charge on any atom is 0.0571 e. The van der Waals surface area contributed by atoms with E-state index in [-0.39, 0.29) is 0 Å². The fourth-order valence-corrected chi connectivity index (χ4v) is 4.24. The molecular weight excluding hydrogens is 220 g/mol. The van der Waals surface area contributed by atoms with Gasteiger partial charge in [0.05, 0.1) is 6.10 Å². The Labute approximate surface area is 114 Å². The Bertz CT molecular complexity index is 210. The fraction of sp³-hybridized carbons (Fsp3) is 1.00. The van der Waals surface area contributed by atoms with E-state index in [1.54, 1.807) is 0 Å². The van der Waals surface area contributed by atoms with E-state index in [1.165, 1.54) is 70.6 Å². The molecule has 0 unspecified atom stereocenters. The molecule has 2 rings (SSSR count). The molecule has 0 aromatic carbocycles. The lowest BCUT2D eigenvalue weighted by molar-refractivity contribution is 0.0391. The molecule has 0 atom stereocenters. The summed E-state index contributed by atoms with van der Waals surface area (Å²) in [6, 6.07) is 0. The second-order valence-corrected chi connectivity index (χ2v) is 6.70. The summed E-state index contributed by atoms with van der Waals surface area (Å²) in [7, 11) is 1.88. The van der Waals surface area contributed by atoms with Crippen LogP contribution >= 0.6 is 0 Å². The van der Waals surface area contributed by atoms with Crippen LogP contribution in [0.2, 0.25) is 0 Å². The van der Waals surface area contributed by atoms with Crippen molar-refractivity contribution in [3.63, 3.8) is 0 Å². The van der Waals surface area contributed by atoms with Gasteiger partial charge in [-0.1, -0.05) is 39.0 Å². The fourth-order valence-electron chi connectivity index (χ4n) is 4.24. The molecular formula is C17H32O. The number of hydrogen-bond donors (Lipinski definition) is 0. The van der Waals surface area contributed by atoms with Gasteiger partial charge in [-0.05, 0) is 56.3 Å². The van der Waals surface area contributed by atoms with E-state index in [1.807, 2.05) is 7.11 Å². The summed E-state index contributed by atoms with van der Waals surface area (Å²) in [4.78, 5) is 0. The van der Waals surface area contributed by atoms with Crippen molar-refractivity contribution in [1.82, 2.24) is 0 Å². The highest BCUT2D eigenvalue weighted by Gasteiger charge is 2.30. The van der Waals surface area contributed by atoms with Gasteiger partial charge in [-0.15, -0.1) is 0 Å². The normalized spacial score (nSPS) is 37.7. The summed E-state index contributed by atoms with van der Waals surface area (Å²) >= 11 is 0. The predicted molar refractivity (Wildman–Crippen MR) is 77.7 cm³/mol. The van der Waals surface area contributed by atoms with E-state index in [4.69, 9.17) is 4.74 Å².